The predicted molar refractivity (Wildman–Crippen MR) is 143 cm³/mol. The van der Waals surface area contributed by atoms with Gasteiger partial charge in [0, 0.05) is 78.4 Å². The number of rotatable bonds is 6. The minimum Gasteiger partial charge on any atom is -0.378 e. The van der Waals surface area contributed by atoms with Gasteiger partial charge in [-0.25, -0.2) is 0 Å². The average Bonchev–Trinajstić information content (AvgIpc) is 2.83. The van der Waals surface area contributed by atoms with Crippen LogP contribution in [0, 0.1) is 12.8 Å². The van der Waals surface area contributed by atoms with Crippen molar-refractivity contribution in [3.63, 3.8) is 0 Å². The van der Waals surface area contributed by atoms with E-state index in [-0.39, 0.29) is 0 Å². The van der Waals surface area contributed by atoms with Crippen LogP contribution in [0.15, 0.2) is 79.8 Å². The van der Waals surface area contributed by atoms with E-state index in [2.05, 4.69) is 104 Å². The van der Waals surface area contributed by atoms with Gasteiger partial charge in [0.05, 0.1) is 0 Å². The molecule has 0 radical (unpaired) electrons. The molecule has 1 saturated heterocycles. The van der Waals surface area contributed by atoms with Gasteiger partial charge >= 0.3 is 0 Å². The quantitative estimate of drug-likeness (QED) is 0.558. The number of nitrogens with zero attached hydrogens (tertiary/aromatic N) is 2. The smallest absolute Gasteiger partial charge is 0.0405 e. The standard InChI is InChI=1S/C29H36N4/c1-7-32(6)23(5)24-14-16-33(17-15-24)26-11-9-25(10-12-26)30-19-29-22(4)31-21(3)27-13-8-20(2)18-28(27)29/h8-13,18-19,24,30-31H,3-5,7,14-17H2,1-2,6H3/b29-19+. The van der Waals surface area contributed by atoms with Crippen LogP contribution in [-0.4, -0.2) is 31.6 Å². The number of nitrogens with one attached hydrogen (secondary N) is 2. The summed E-state index contributed by atoms with van der Waals surface area (Å²) < 4.78 is 0. The zero-order valence-corrected chi connectivity index (χ0v) is 20.2. The molecule has 0 saturated carbocycles. The van der Waals surface area contributed by atoms with E-state index in [0.717, 1.165) is 66.3 Å². The van der Waals surface area contributed by atoms with Crippen molar-refractivity contribution in [2.75, 3.05) is 36.9 Å². The van der Waals surface area contributed by atoms with E-state index in [0.29, 0.717) is 5.92 Å². The minimum absolute atomic E-state index is 0.596. The number of aryl methyl sites for hydroxylation is 1. The molecule has 4 heteroatoms. The number of hydrogen-bond donors (Lipinski definition) is 2. The Balaban J connectivity index is 1.42. The Bertz CT molecular complexity index is 1090. The summed E-state index contributed by atoms with van der Waals surface area (Å²) in [5.74, 6) is 0.596. The highest BCUT2D eigenvalue weighted by molar-refractivity contribution is 5.92. The van der Waals surface area contributed by atoms with Crippen molar-refractivity contribution >= 4 is 22.6 Å². The normalized spacial score (nSPS) is 17.5. The van der Waals surface area contributed by atoms with E-state index < -0.39 is 0 Å². The fourth-order valence-electron chi connectivity index (χ4n) is 4.70. The molecule has 2 N–H and O–H groups in total. The maximum atomic E-state index is 4.32. The predicted octanol–water partition coefficient (Wildman–Crippen LogP) is 6.22. The van der Waals surface area contributed by atoms with Crippen molar-refractivity contribution in [1.82, 2.24) is 10.2 Å². The first-order valence-corrected chi connectivity index (χ1v) is 11.9. The highest BCUT2D eigenvalue weighted by atomic mass is 15.1. The molecule has 0 bridgehead atoms. The Morgan fingerprint density at radius 2 is 1.79 bits per heavy atom. The molecule has 2 aromatic rings. The molecule has 172 valence electrons. The van der Waals surface area contributed by atoms with Gasteiger partial charge in [-0.15, -0.1) is 0 Å². The van der Waals surface area contributed by atoms with Gasteiger partial charge in [0.2, 0.25) is 0 Å². The third-order valence-electron chi connectivity index (χ3n) is 6.96. The van der Waals surface area contributed by atoms with Crippen molar-refractivity contribution in [2.45, 2.75) is 26.7 Å². The van der Waals surface area contributed by atoms with Gasteiger partial charge in [0.15, 0.2) is 0 Å². The maximum absolute atomic E-state index is 4.32. The topological polar surface area (TPSA) is 30.5 Å². The Hall–Kier alpha value is -3.40. The Labute approximate surface area is 199 Å². The molecule has 0 unspecified atom stereocenters. The lowest BCUT2D eigenvalue weighted by Crippen LogP contribution is -2.36. The summed E-state index contributed by atoms with van der Waals surface area (Å²) in [6.45, 7) is 20.1. The van der Waals surface area contributed by atoms with Crippen molar-refractivity contribution in [3.05, 3.63) is 96.5 Å². The Morgan fingerprint density at radius 3 is 2.45 bits per heavy atom. The van der Waals surface area contributed by atoms with Crippen LogP contribution in [0.3, 0.4) is 0 Å². The van der Waals surface area contributed by atoms with Crippen LogP contribution in [0.25, 0.3) is 11.3 Å². The molecule has 0 atom stereocenters. The SMILES string of the molecule is C=C1NC(=C)c2ccc(C)cc2/C1=C/Nc1ccc(N2CCC(C(=C)N(C)CC)CC2)cc1. The number of allylic oxidation sites excluding steroid dienone is 2. The molecule has 0 aliphatic carbocycles. The molecule has 0 aromatic heterocycles. The molecule has 2 heterocycles. The lowest BCUT2D eigenvalue weighted by molar-refractivity contribution is 0.335. The number of anilines is 2. The van der Waals surface area contributed by atoms with E-state index in [1.54, 1.807) is 0 Å². The number of hydrogen-bond acceptors (Lipinski definition) is 4. The molecule has 1 fully saturated rings. The fraction of sp³-hybridized carbons (Fsp3) is 0.310. The fourth-order valence-corrected chi connectivity index (χ4v) is 4.70. The molecule has 33 heavy (non-hydrogen) atoms. The largest absolute Gasteiger partial charge is 0.378 e. The first-order valence-electron chi connectivity index (χ1n) is 11.9. The summed E-state index contributed by atoms with van der Waals surface area (Å²) in [5.41, 5.74) is 9.94. The van der Waals surface area contributed by atoms with Gasteiger partial charge in [0.25, 0.3) is 0 Å². The van der Waals surface area contributed by atoms with Crippen LogP contribution in [0.1, 0.15) is 36.5 Å². The Morgan fingerprint density at radius 1 is 1.09 bits per heavy atom. The highest BCUT2D eigenvalue weighted by Gasteiger charge is 2.23. The summed E-state index contributed by atoms with van der Waals surface area (Å²) in [7, 11) is 2.14. The van der Waals surface area contributed by atoms with Crippen LogP contribution in [0.2, 0.25) is 0 Å². The molecule has 4 nitrogen and oxygen atoms in total. The van der Waals surface area contributed by atoms with E-state index in [1.807, 2.05) is 6.20 Å². The summed E-state index contributed by atoms with van der Waals surface area (Å²) in [4.78, 5) is 4.76. The molecule has 0 amide bonds. The van der Waals surface area contributed by atoms with E-state index in [4.69, 9.17) is 0 Å². The Kier molecular flexibility index (Phi) is 6.64. The number of fused-ring (bicyclic) bond motifs is 1. The number of piperidine rings is 1. The van der Waals surface area contributed by atoms with Gasteiger partial charge in [-0.05, 0) is 56.5 Å². The zero-order chi connectivity index (χ0) is 23.5. The van der Waals surface area contributed by atoms with Gasteiger partial charge in [-0.3, -0.25) is 0 Å². The summed E-state index contributed by atoms with van der Waals surface area (Å²) >= 11 is 0. The minimum atomic E-state index is 0.596. The molecule has 2 aliphatic rings. The van der Waals surface area contributed by atoms with Crippen molar-refractivity contribution < 1.29 is 0 Å². The van der Waals surface area contributed by atoms with Crippen LogP contribution < -0.4 is 15.5 Å². The second-order valence-electron chi connectivity index (χ2n) is 9.15. The highest BCUT2D eigenvalue weighted by Crippen LogP contribution is 2.34. The van der Waals surface area contributed by atoms with Crippen molar-refractivity contribution in [3.8, 4) is 0 Å². The van der Waals surface area contributed by atoms with Gasteiger partial charge in [0.1, 0.15) is 0 Å². The van der Waals surface area contributed by atoms with Crippen molar-refractivity contribution in [1.29, 1.82) is 0 Å². The first-order chi connectivity index (χ1) is 15.9. The second kappa shape index (κ2) is 9.62. The number of benzene rings is 2. The first kappa shape index (κ1) is 22.8. The molecule has 0 spiro atoms. The summed E-state index contributed by atoms with van der Waals surface area (Å²) in [5, 5.41) is 6.77. The van der Waals surface area contributed by atoms with E-state index in [9.17, 15) is 0 Å². The van der Waals surface area contributed by atoms with Crippen LogP contribution in [-0.2, 0) is 0 Å². The second-order valence-corrected chi connectivity index (χ2v) is 9.15. The maximum Gasteiger partial charge on any atom is 0.0405 e. The molecular weight excluding hydrogens is 404 g/mol. The molecule has 2 aromatic carbocycles. The lowest BCUT2D eigenvalue weighted by atomic mass is 9.91. The van der Waals surface area contributed by atoms with E-state index >= 15 is 0 Å². The summed E-state index contributed by atoms with van der Waals surface area (Å²) in [6, 6.07) is 15.1. The monoisotopic (exact) mass is 440 g/mol. The van der Waals surface area contributed by atoms with Gasteiger partial charge in [-0.1, -0.05) is 43.5 Å². The van der Waals surface area contributed by atoms with Crippen LogP contribution in [0.4, 0.5) is 11.4 Å². The van der Waals surface area contributed by atoms with Crippen LogP contribution in [0.5, 0.6) is 0 Å². The van der Waals surface area contributed by atoms with E-state index in [1.165, 1.54) is 16.9 Å². The van der Waals surface area contributed by atoms with Gasteiger partial charge < -0.3 is 20.4 Å². The van der Waals surface area contributed by atoms with Crippen molar-refractivity contribution in [2.24, 2.45) is 5.92 Å². The van der Waals surface area contributed by atoms with Crippen LogP contribution >= 0.6 is 0 Å². The van der Waals surface area contributed by atoms with Gasteiger partial charge in [-0.2, -0.15) is 0 Å². The molecule has 2 aliphatic heterocycles. The average molecular weight is 441 g/mol. The summed E-state index contributed by atoms with van der Waals surface area (Å²) in [6.07, 6.45) is 4.36. The lowest BCUT2D eigenvalue weighted by Gasteiger charge is -2.36. The third kappa shape index (κ3) is 4.85. The zero-order valence-electron chi connectivity index (χ0n) is 20.2. The molecular formula is C29H36N4. The third-order valence-corrected chi connectivity index (χ3v) is 6.96. The molecule has 4 rings (SSSR count).